The minimum Gasteiger partial charge on any atom is -0.339 e. The number of urea groups is 1. The van der Waals surface area contributed by atoms with Crippen molar-refractivity contribution in [1.29, 1.82) is 0 Å². The minimum absolute atomic E-state index is 0.0575. The maximum atomic E-state index is 12.8. The molecule has 3 aliphatic rings. The van der Waals surface area contributed by atoms with E-state index in [0.29, 0.717) is 23.2 Å². The Morgan fingerprint density at radius 2 is 1.81 bits per heavy atom. The zero-order chi connectivity index (χ0) is 18.8. The quantitative estimate of drug-likeness (QED) is 0.871. The van der Waals surface area contributed by atoms with Crippen molar-refractivity contribution in [2.45, 2.75) is 38.6 Å². The summed E-state index contributed by atoms with van der Waals surface area (Å²) < 4.78 is 0. The molecule has 6 nitrogen and oxygen atoms in total. The number of amides is 3. The molecule has 3 saturated heterocycles. The van der Waals surface area contributed by atoms with E-state index in [1.165, 1.54) is 19.4 Å². The standard InChI is InChI=1S/C21H30N4O2/c1-16-7-10-24(11-8-16)20(26)17-4-2-5-18(14-17)22-21(27)25-13-12-23-9-3-6-19(23)15-25/h2,4-5,14,16,19H,3,6-13,15H2,1H3,(H,22,27)/t19-/m0/s1. The van der Waals surface area contributed by atoms with E-state index in [-0.39, 0.29) is 11.9 Å². The van der Waals surface area contributed by atoms with Crippen molar-refractivity contribution >= 4 is 17.6 Å². The third-order valence-electron chi connectivity index (χ3n) is 6.31. The topological polar surface area (TPSA) is 55.9 Å². The highest BCUT2D eigenvalue weighted by molar-refractivity contribution is 5.97. The predicted molar refractivity (Wildman–Crippen MR) is 106 cm³/mol. The van der Waals surface area contributed by atoms with Crippen molar-refractivity contribution < 1.29 is 9.59 Å². The summed E-state index contributed by atoms with van der Waals surface area (Å²) in [7, 11) is 0. The van der Waals surface area contributed by atoms with Gasteiger partial charge in [0.05, 0.1) is 0 Å². The number of fused-ring (bicyclic) bond motifs is 1. The van der Waals surface area contributed by atoms with E-state index < -0.39 is 0 Å². The summed E-state index contributed by atoms with van der Waals surface area (Å²) in [5.41, 5.74) is 1.35. The second-order valence-electron chi connectivity index (χ2n) is 8.26. The maximum absolute atomic E-state index is 12.8. The van der Waals surface area contributed by atoms with Gasteiger partial charge in [-0.05, 0) is 56.3 Å². The van der Waals surface area contributed by atoms with Crippen molar-refractivity contribution in [2.24, 2.45) is 5.92 Å². The van der Waals surface area contributed by atoms with Gasteiger partial charge >= 0.3 is 6.03 Å². The first kappa shape index (κ1) is 18.3. The van der Waals surface area contributed by atoms with Crippen molar-refractivity contribution in [3.63, 3.8) is 0 Å². The molecule has 0 bridgehead atoms. The average molecular weight is 370 g/mol. The van der Waals surface area contributed by atoms with Gasteiger partial charge in [-0.1, -0.05) is 13.0 Å². The minimum atomic E-state index is -0.0575. The average Bonchev–Trinajstić information content (AvgIpc) is 3.16. The van der Waals surface area contributed by atoms with Gasteiger partial charge < -0.3 is 15.1 Å². The number of piperazine rings is 1. The van der Waals surface area contributed by atoms with Gasteiger partial charge in [-0.25, -0.2) is 4.79 Å². The molecule has 146 valence electrons. The molecule has 3 fully saturated rings. The Labute approximate surface area is 161 Å². The van der Waals surface area contributed by atoms with Crippen LogP contribution in [0.4, 0.5) is 10.5 Å². The van der Waals surface area contributed by atoms with Crippen LogP contribution in [0.5, 0.6) is 0 Å². The number of hydrogen-bond acceptors (Lipinski definition) is 3. The SMILES string of the molecule is CC1CCN(C(=O)c2cccc(NC(=O)N3CCN4CCC[C@H]4C3)c2)CC1. The summed E-state index contributed by atoms with van der Waals surface area (Å²) in [6.45, 7) is 7.58. The lowest BCUT2D eigenvalue weighted by Crippen LogP contribution is -2.53. The fourth-order valence-electron chi connectivity index (χ4n) is 4.50. The lowest BCUT2D eigenvalue weighted by atomic mass is 9.98. The smallest absolute Gasteiger partial charge is 0.321 e. The molecular weight excluding hydrogens is 340 g/mol. The van der Waals surface area contributed by atoms with Gasteiger partial charge in [0.1, 0.15) is 0 Å². The van der Waals surface area contributed by atoms with Crippen LogP contribution in [0.3, 0.4) is 0 Å². The second-order valence-corrected chi connectivity index (χ2v) is 8.26. The molecule has 4 rings (SSSR count). The Kier molecular flexibility index (Phi) is 5.34. The van der Waals surface area contributed by atoms with Crippen LogP contribution in [0, 0.1) is 5.92 Å². The first-order valence-electron chi connectivity index (χ1n) is 10.3. The third kappa shape index (κ3) is 4.10. The molecule has 1 N–H and O–H groups in total. The summed E-state index contributed by atoms with van der Waals surface area (Å²) in [6.07, 6.45) is 4.55. The van der Waals surface area contributed by atoms with Gasteiger partial charge in [0.2, 0.25) is 0 Å². The first-order valence-corrected chi connectivity index (χ1v) is 10.3. The van der Waals surface area contributed by atoms with Gasteiger partial charge in [0, 0.05) is 50.0 Å². The monoisotopic (exact) mass is 370 g/mol. The van der Waals surface area contributed by atoms with E-state index in [1.807, 2.05) is 34.1 Å². The normalized spacial score (nSPS) is 24.0. The third-order valence-corrected chi connectivity index (χ3v) is 6.31. The van der Waals surface area contributed by atoms with Gasteiger partial charge in [-0.15, -0.1) is 0 Å². The van der Waals surface area contributed by atoms with Crippen molar-refractivity contribution in [1.82, 2.24) is 14.7 Å². The molecule has 1 atom stereocenters. The molecule has 1 aromatic carbocycles. The highest BCUT2D eigenvalue weighted by Crippen LogP contribution is 2.23. The molecule has 3 aliphatic heterocycles. The van der Waals surface area contributed by atoms with Gasteiger partial charge in [0.25, 0.3) is 5.91 Å². The molecule has 0 saturated carbocycles. The highest BCUT2D eigenvalue weighted by atomic mass is 16.2. The van der Waals surface area contributed by atoms with Crippen molar-refractivity contribution in [2.75, 3.05) is 44.6 Å². The zero-order valence-electron chi connectivity index (χ0n) is 16.2. The second kappa shape index (κ2) is 7.89. The van der Waals surface area contributed by atoms with Crippen molar-refractivity contribution in [3.8, 4) is 0 Å². The molecule has 3 heterocycles. The van der Waals surface area contributed by atoms with Crippen LogP contribution < -0.4 is 5.32 Å². The number of benzene rings is 1. The van der Waals surface area contributed by atoms with E-state index in [9.17, 15) is 9.59 Å². The number of anilines is 1. The molecule has 0 radical (unpaired) electrons. The molecule has 3 amide bonds. The Morgan fingerprint density at radius 1 is 1.00 bits per heavy atom. The van der Waals surface area contributed by atoms with Crippen molar-refractivity contribution in [3.05, 3.63) is 29.8 Å². The summed E-state index contributed by atoms with van der Waals surface area (Å²) >= 11 is 0. The van der Waals surface area contributed by atoms with E-state index in [1.54, 1.807) is 0 Å². The van der Waals surface area contributed by atoms with E-state index in [0.717, 1.165) is 45.6 Å². The number of likely N-dealkylation sites (tertiary alicyclic amines) is 1. The van der Waals surface area contributed by atoms with Crippen LogP contribution >= 0.6 is 0 Å². The summed E-state index contributed by atoms with van der Waals surface area (Å²) in [6, 6.07) is 7.82. The molecule has 0 unspecified atom stereocenters. The Balaban J connectivity index is 1.37. The van der Waals surface area contributed by atoms with Crippen LogP contribution in [0.25, 0.3) is 0 Å². The number of piperidine rings is 1. The number of nitrogens with zero attached hydrogens (tertiary/aromatic N) is 3. The Hall–Kier alpha value is -2.08. The maximum Gasteiger partial charge on any atom is 0.321 e. The number of carbonyl (C=O) groups is 2. The van der Waals surface area contributed by atoms with Crippen LogP contribution in [-0.4, -0.2) is 71.9 Å². The number of hydrogen-bond donors (Lipinski definition) is 1. The molecular formula is C21H30N4O2. The molecule has 0 spiro atoms. The summed E-state index contributed by atoms with van der Waals surface area (Å²) in [4.78, 5) is 31.8. The van der Waals surface area contributed by atoms with Crippen LogP contribution in [0.1, 0.15) is 43.0 Å². The van der Waals surface area contributed by atoms with Crippen LogP contribution in [-0.2, 0) is 0 Å². The van der Waals surface area contributed by atoms with Gasteiger partial charge in [-0.3, -0.25) is 9.69 Å². The lowest BCUT2D eigenvalue weighted by molar-refractivity contribution is 0.0697. The fraction of sp³-hybridized carbons (Fsp3) is 0.619. The lowest BCUT2D eigenvalue weighted by Gasteiger charge is -2.37. The van der Waals surface area contributed by atoms with E-state index >= 15 is 0 Å². The molecule has 6 heteroatoms. The Morgan fingerprint density at radius 3 is 2.63 bits per heavy atom. The Bertz CT molecular complexity index is 699. The summed E-state index contributed by atoms with van der Waals surface area (Å²) in [5.74, 6) is 0.762. The van der Waals surface area contributed by atoms with Gasteiger partial charge in [0.15, 0.2) is 0 Å². The van der Waals surface area contributed by atoms with E-state index in [4.69, 9.17) is 0 Å². The number of carbonyl (C=O) groups excluding carboxylic acids is 2. The van der Waals surface area contributed by atoms with E-state index in [2.05, 4.69) is 17.1 Å². The molecule has 27 heavy (non-hydrogen) atoms. The van der Waals surface area contributed by atoms with Crippen LogP contribution in [0.2, 0.25) is 0 Å². The largest absolute Gasteiger partial charge is 0.339 e. The first-order chi connectivity index (χ1) is 13.1. The summed E-state index contributed by atoms with van der Waals surface area (Å²) in [5, 5.41) is 2.99. The zero-order valence-corrected chi connectivity index (χ0v) is 16.2. The predicted octanol–water partition coefficient (Wildman–Crippen LogP) is 2.87. The van der Waals surface area contributed by atoms with Gasteiger partial charge in [-0.2, -0.15) is 0 Å². The number of rotatable bonds is 2. The molecule has 0 aromatic heterocycles. The molecule has 0 aliphatic carbocycles. The fourth-order valence-corrected chi connectivity index (χ4v) is 4.50. The number of nitrogens with one attached hydrogen (secondary N) is 1. The highest BCUT2D eigenvalue weighted by Gasteiger charge is 2.32. The van der Waals surface area contributed by atoms with Crippen LogP contribution in [0.15, 0.2) is 24.3 Å². The molecule has 1 aromatic rings.